The lowest BCUT2D eigenvalue weighted by molar-refractivity contribution is -0.308. The molecular formula is C19H37N5O8. The SMILES string of the molecule is CNC1C(O)C(OC2C(N)C(O)C(N)C(OC3OC(CN)=CCC3N)C2O)OCC1(C)O. The summed E-state index contributed by atoms with van der Waals surface area (Å²) in [5, 5.41) is 45.5. The molecule has 32 heavy (non-hydrogen) atoms. The molecule has 0 aromatic carbocycles. The molecule has 0 radical (unpaired) electrons. The first-order valence-corrected chi connectivity index (χ1v) is 10.7. The van der Waals surface area contributed by atoms with Crippen molar-refractivity contribution in [2.45, 2.75) is 86.2 Å². The number of likely N-dealkylation sites (N-methyl/N-ethyl adjacent to an activating group) is 1. The summed E-state index contributed by atoms with van der Waals surface area (Å²) in [6, 6.07) is -3.48. The zero-order valence-corrected chi connectivity index (χ0v) is 18.3. The van der Waals surface area contributed by atoms with Crippen molar-refractivity contribution in [1.29, 1.82) is 0 Å². The lowest BCUT2D eigenvalue weighted by Crippen LogP contribution is -2.72. The molecule has 2 heterocycles. The second kappa shape index (κ2) is 10.1. The number of aliphatic hydroxyl groups is 4. The van der Waals surface area contributed by atoms with Gasteiger partial charge in [0.2, 0.25) is 6.29 Å². The van der Waals surface area contributed by atoms with Gasteiger partial charge in [0.05, 0.1) is 43.4 Å². The summed E-state index contributed by atoms with van der Waals surface area (Å²) in [5.74, 6) is 0.490. The van der Waals surface area contributed by atoms with Crippen molar-refractivity contribution in [3.8, 4) is 0 Å². The van der Waals surface area contributed by atoms with Crippen LogP contribution in [0.3, 0.4) is 0 Å². The van der Waals surface area contributed by atoms with Gasteiger partial charge in [-0.3, -0.25) is 0 Å². The minimum Gasteiger partial charge on any atom is -0.467 e. The predicted octanol–water partition coefficient (Wildman–Crippen LogP) is -4.88. The van der Waals surface area contributed by atoms with Gasteiger partial charge in [0.25, 0.3) is 0 Å². The number of hydrogen-bond acceptors (Lipinski definition) is 13. The number of rotatable bonds is 6. The molecule has 13 nitrogen and oxygen atoms in total. The zero-order chi connectivity index (χ0) is 23.8. The highest BCUT2D eigenvalue weighted by Crippen LogP contribution is 2.31. The monoisotopic (exact) mass is 463 g/mol. The van der Waals surface area contributed by atoms with Crippen molar-refractivity contribution in [2.24, 2.45) is 22.9 Å². The Kier molecular flexibility index (Phi) is 8.13. The summed E-state index contributed by atoms with van der Waals surface area (Å²) in [6.45, 7) is 1.52. The van der Waals surface area contributed by atoms with Crippen LogP contribution in [0.1, 0.15) is 13.3 Å². The Balaban J connectivity index is 1.74. The van der Waals surface area contributed by atoms with Crippen molar-refractivity contribution < 1.29 is 39.4 Å². The van der Waals surface area contributed by atoms with Gasteiger partial charge >= 0.3 is 0 Å². The maximum absolute atomic E-state index is 11.0. The fourth-order valence-electron chi connectivity index (χ4n) is 4.43. The Morgan fingerprint density at radius 2 is 1.66 bits per heavy atom. The lowest BCUT2D eigenvalue weighted by Gasteiger charge is -2.49. The molecule has 3 rings (SSSR count). The molecule has 13 N–H and O–H groups in total. The Labute approximate surface area is 186 Å². The van der Waals surface area contributed by atoms with Gasteiger partial charge in [0.1, 0.15) is 35.8 Å². The van der Waals surface area contributed by atoms with Crippen LogP contribution in [-0.2, 0) is 18.9 Å². The van der Waals surface area contributed by atoms with Gasteiger partial charge in [-0.2, -0.15) is 0 Å². The van der Waals surface area contributed by atoms with Crippen LogP contribution in [0.2, 0.25) is 0 Å². The average molecular weight is 464 g/mol. The van der Waals surface area contributed by atoms with Crippen molar-refractivity contribution in [2.75, 3.05) is 20.2 Å². The summed E-state index contributed by atoms with van der Waals surface area (Å²) < 4.78 is 22.8. The van der Waals surface area contributed by atoms with Crippen LogP contribution in [0.25, 0.3) is 0 Å². The molecule has 12 unspecified atom stereocenters. The van der Waals surface area contributed by atoms with E-state index in [0.717, 1.165) is 0 Å². The molecule has 2 aliphatic heterocycles. The molecule has 12 atom stereocenters. The molecule has 1 saturated carbocycles. The van der Waals surface area contributed by atoms with Gasteiger partial charge < -0.3 is 67.6 Å². The minimum absolute atomic E-state index is 0.140. The molecule has 1 aliphatic carbocycles. The van der Waals surface area contributed by atoms with E-state index in [1.807, 2.05) is 0 Å². The van der Waals surface area contributed by atoms with Crippen molar-refractivity contribution in [1.82, 2.24) is 5.32 Å². The van der Waals surface area contributed by atoms with E-state index in [4.69, 9.17) is 41.9 Å². The fraction of sp³-hybridized carbons (Fsp3) is 0.895. The first-order valence-electron chi connectivity index (χ1n) is 10.7. The summed E-state index contributed by atoms with van der Waals surface area (Å²) >= 11 is 0. The highest BCUT2D eigenvalue weighted by atomic mass is 16.7. The van der Waals surface area contributed by atoms with E-state index >= 15 is 0 Å². The van der Waals surface area contributed by atoms with Crippen LogP contribution in [0.4, 0.5) is 0 Å². The molecule has 3 aliphatic rings. The van der Waals surface area contributed by atoms with E-state index in [1.54, 1.807) is 13.1 Å². The fourth-order valence-corrected chi connectivity index (χ4v) is 4.43. The van der Waals surface area contributed by atoms with E-state index in [2.05, 4.69) is 5.32 Å². The van der Waals surface area contributed by atoms with Gasteiger partial charge in [-0.05, 0) is 26.5 Å². The molecule has 2 fully saturated rings. The van der Waals surface area contributed by atoms with Crippen molar-refractivity contribution in [3.63, 3.8) is 0 Å². The normalized spacial score (nSPS) is 49.9. The largest absolute Gasteiger partial charge is 0.467 e. The molecule has 0 spiro atoms. The van der Waals surface area contributed by atoms with Gasteiger partial charge in [0, 0.05) is 0 Å². The third-order valence-electron chi connectivity index (χ3n) is 6.38. The summed E-state index contributed by atoms with van der Waals surface area (Å²) in [7, 11) is 1.58. The summed E-state index contributed by atoms with van der Waals surface area (Å²) in [5.41, 5.74) is 22.5. The van der Waals surface area contributed by atoms with Gasteiger partial charge in [0.15, 0.2) is 6.29 Å². The van der Waals surface area contributed by atoms with Crippen LogP contribution in [0, 0.1) is 0 Å². The number of ether oxygens (including phenoxy) is 4. The quantitative estimate of drug-likeness (QED) is 0.180. The highest BCUT2D eigenvalue weighted by Gasteiger charge is 2.53. The topological polar surface area (TPSA) is 234 Å². The molecule has 13 heteroatoms. The third-order valence-corrected chi connectivity index (χ3v) is 6.38. The Hall–Kier alpha value is -0.940. The molecule has 0 aromatic rings. The van der Waals surface area contributed by atoms with Gasteiger partial charge in [-0.25, -0.2) is 0 Å². The van der Waals surface area contributed by atoms with Crippen LogP contribution in [-0.4, -0.2) is 113 Å². The highest BCUT2D eigenvalue weighted by molar-refractivity contribution is 5.07. The van der Waals surface area contributed by atoms with Gasteiger partial charge in [-0.1, -0.05) is 0 Å². The Bertz CT molecular complexity index is 670. The van der Waals surface area contributed by atoms with Crippen LogP contribution in [0.5, 0.6) is 0 Å². The van der Waals surface area contributed by atoms with Crippen LogP contribution in [0.15, 0.2) is 11.8 Å². The van der Waals surface area contributed by atoms with Gasteiger partial charge in [-0.15, -0.1) is 0 Å². The number of hydrogen-bond donors (Lipinski definition) is 9. The first-order chi connectivity index (χ1) is 15.0. The second-order valence-corrected chi connectivity index (χ2v) is 8.89. The van der Waals surface area contributed by atoms with E-state index in [-0.39, 0.29) is 13.2 Å². The third kappa shape index (κ3) is 4.94. The molecule has 1 saturated heterocycles. The maximum Gasteiger partial charge on any atom is 0.215 e. The van der Waals surface area contributed by atoms with E-state index < -0.39 is 72.9 Å². The predicted molar refractivity (Wildman–Crippen MR) is 112 cm³/mol. The van der Waals surface area contributed by atoms with Crippen molar-refractivity contribution in [3.05, 3.63) is 11.8 Å². The summed E-state index contributed by atoms with van der Waals surface area (Å²) in [6.07, 6.45) is -6.33. The summed E-state index contributed by atoms with van der Waals surface area (Å²) in [4.78, 5) is 0. The Morgan fingerprint density at radius 3 is 2.22 bits per heavy atom. The first kappa shape index (κ1) is 25.7. The lowest BCUT2D eigenvalue weighted by atomic mass is 9.81. The molecule has 0 amide bonds. The number of nitrogens with one attached hydrogen (secondary N) is 1. The van der Waals surface area contributed by atoms with Crippen LogP contribution < -0.4 is 28.3 Å². The van der Waals surface area contributed by atoms with E-state index in [9.17, 15) is 20.4 Å². The van der Waals surface area contributed by atoms with E-state index in [1.165, 1.54) is 6.92 Å². The smallest absolute Gasteiger partial charge is 0.215 e. The maximum atomic E-state index is 11.0. The van der Waals surface area contributed by atoms with Crippen molar-refractivity contribution >= 4 is 0 Å². The van der Waals surface area contributed by atoms with Crippen LogP contribution >= 0.6 is 0 Å². The zero-order valence-electron chi connectivity index (χ0n) is 18.3. The molecule has 0 aromatic heterocycles. The molecule has 186 valence electrons. The minimum atomic E-state index is -1.40. The van der Waals surface area contributed by atoms with E-state index in [0.29, 0.717) is 12.2 Å². The average Bonchev–Trinajstić information content (AvgIpc) is 2.75. The molecule has 0 bridgehead atoms. The number of nitrogens with two attached hydrogens (primary N) is 4. The molecular weight excluding hydrogens is 426 g/mol. The second-order valence-electron chi connectivity index (χ2n) is 8.89. The Morgan fingerprint density at radius 1 is 1.06 bits per heavy atom. The standard InChI is InChI=1S/C19H37N5O8/c1-19(28)6-29-18(13(27)16(19)24-2)32-15-10(23)11(25)9(22)14(12(15)26)31-17-8(21)4-3-7(5-20)30-17/h3,8-18,24-28H,4-6,20-23H2,1-2H3. The number of aliphatic hydroxyl groups excluding tert-OH is 3.